The summed E-state index contributed by atoms with van der Waals surface area (Å²) < 4.78 is 16.5. The van der Waals surface area contributed by atoms with Crippen LogP contribution < -0.4 is 4.90 Å². The van der Waals surface area contributed by atoms with Crippen LogP contribution in [-0.4, -0.2) is 59.5 Å². The van der Waals surface area contributed by atoms with E-state index in [4.69, 9.17) is 35.1 Å². The lowest BCUT2D eigenvalue weighted by Gasteiger charge is -2.36. The third kappa shape index (κ3) is 5.15. The van der Waals surface area contributed by atoms with E-state index < -0.39 is 5.97 Å². The fourth-order valence-corrected chi connectivity index (χ4v) is 4.94. The number of nitrogens with zero attached hydrogens (tertiary/aromatic N) is 4. The highest BCUT2D eigenvalue weighted by molar-refractivity contribution is 6.30. The van der Waals surface area contributed by atoms with Gasteiger partial charge in [-0.15, -0.1) is 0 Å². The second kappa shape index (κ2) is 10.9. The Hall–Kier alpha value is -4.63. The van der Waals surface area contributed by atoms with E-state index >= 15 is 0 Å². The minimum Gasteiger partial charge on any atom is -0.463 e. The van der Waals surface area contributed by atoms with Crippen molar-refractivity contribution < 1.29 is 23.2 Å². The van der Waals surface area contributed by atoms with Gasteiger partial charge in [0, 0.05) is 36.9 Å². The molecule has 1 amide bonds. The molecule has 0 bridgehead atoms. The average molecular weight is 557 g/mol. The Labute approximate surface area is 234 Å². The Kier molecular flexibility index (Phi) is 6.96. The third-order valence-electron chi connectivity index (χ3n) is 6.88. The fourth-order valence-electron chi connectivity index (χ4n) is 4.77. The fraction of sp³-hybridized carbons (Fsp3) is 0.200. The van der Waals surface area contributed by atoms with Crippen molar-refractivity contribution in [2.45, 2.75) is 6.92 Å². The SMILES string of the molecule is Cc1ccc(Cl)cc1N1CCN(C(=O)COC(=O)c2ccc3nc(-c4ccco4)c(-c4ccco4)nc3c2)CC1. The van der Waals surface area contributed by atoms with Gasteiger partial charge in [-0.3, -0.25) is 4.79 Å². The molecule has 0 atom stereocenters. The van der Waals surface area contributed by atoms with Crippen molar-refractivity contribution in [1.82, 2.24) is 14.9 Å². The van der Waals surface area contributed by atoms with Crippen LogP contribution in [0.2, 0.25) is 5.02 Å². The first-order valence-electron chi connectivity index (χ1n) is 12.8. The van der Waals surface area contributed by atoms with Gasteiger partial charge in [0.05, 0.1) is 29.1 Å². The van der Waals surface area contributed by atoms with Crippen LogP contribution in [0.25, 0.3) is 33.9 Å². The van der Waals surface area contributed by atoms with Crippen molar-refractivity contribution >= 4 is 40.2 Å². The highest BCUT2D eigenvalue weighted by Crippen LogP contribution is 2.32. The summed E-state index contributed by atoms with van der Waals surface area (Å²) in [6.07, 6.45) is 3.11. The minimum atomic E-state index is -0.611. The van der Waals surface area contributed by atoms with Crippen LogP contribution in [0.5, 0.6) is 0 Å². The molecule has 10 heteroatoms. The van der Waals surface area contributed by atoms with Gasteiger partial charge in [-0.05, 0) is 67.1 Å². The molecule has 0 radical (unpaired) electrons. The molecule has 9 nitrogen and oxygen atoms in total. The first-order chi connectivity index (χ1) is 19.5. The number of ether oxygens (including phenoxy) is 1. The zero-order chi connectivity index (χ0) is 27.6. The quantitative estimate of drug-likeness (QED) is 0.248. The van der Waals surface area contributed by atoms with E-state index in [0.29, 0.717) is 65.1 Å². The summed E-state index contributed by atoms with van der Waals surface area (Å²) in [7, 11) is 0. The van der Waals surface area contributed by atoms with Crippen molar-refractivity contribution in [1.29, 1.82) is 0 Å². The molecule has 2 aromatic carbocycles. The Morgan fingerprint density at radius 2 is 1.55 bits per heavy atom. The lowest BCUT2D eigenvalue weighted by molar-refractivity contribution is -0.134. The largest absolute Gasteiger partial charge is 0.463 e. The zero-order valence-electron chi connectivity index (χ0n) is 21.7. The number of hydrogen-bond donors (Lipinski definition) is 0. The van der Waals surface area contributed by atoms with Crippen molar-refractivity contribution in [3.63, 3.8) is 0 Å². The number of halogens is 1. The topological polar surface area (TPSA) is 102 Å². The molecule has 1 fully saturated rings. The van der Waals surface area contributed by atoms with Gasteiger partial charge in [0.2, 0.25) is 0 Å². The number of piperazine rings is 1. The number of amides is 1. The van der Waals surface area contributed by atoms with Gasteiger partial charge in [0.1, 0.15) is 11.4 Å². The van der Waals surface area contributed by atoms with Crippen molar-refractivity contribution in [3.05, 3.63) is 89.3 Å². The van der Waals surface area contributed by atoms with Crippen LogP contribution in [-0.2, 0) is 9.53 Å². The summed E-state index contributed by atoms with van der Waals surface area (Å²) in [6.45, 7) is 4.10. The minimum absolute atomic E-state index is 0.236. The highest BCUT2D eigenvalue weighted by Gasteiger charge is 2.24. The molecule has 1 aliphatic rings. The van der Waals surface area contributed by atoms with Crippen LogP contribution in [0.4, 0.5) is 5.69 Å². The molecule has 3 aromatic heterocycles. The molecule has 202 valence electrons. The van der Waals surface area contributed by atoms with Crippen LogP contribution >= 0.6 is 11.6 Å². The van der Waals surface area contributed by atoms with Crippen LogP contribution in [0.1, 0.15) is 15.9 Å². The van der Waals surface area contributed by atoms with Crippen LogP contribution in [0.15, 0.2) is 82.0 Å². The summed E-state index contributed by atoms with van der Waals surface area (Å²) in [4.78, 5) is 39.0. The van der Waals surface area contributed by atoms with Gasteiger partial charge in [0.15, 0.2) is 18.1 Å². The second-order valence-electron chi connectivity index (χ2n) is 9.45. The number of anilines is 1. The molecule has 0 unspecified atom stereocenters. The standard InChI is InChI=1S/C30H25ClN4O5/c1-19-6-8-21(31)17-24(19)34-10-12-35(13-11-34)27(36)18-40-30(37)20-7-9-22-23(16-20)33-29(26-5-3-15-39-26)28(32-22)25-4-2-14-38-25/h2-9,14-17H,10-13,18H2,1H3. The van der Waals surface area contributed by atoms with Crippen molar-refractivity contribution in [2.75, 3.05) is 37.7 Å². The van der Waals surface area contributed by atoms with E-state index in [2.05, 4.69) is 4.90 Å². The number of aromatic nitrogens is 2. The summed E-state index contributed by atoms with van der Waals surface area (Å²) in [5.41, 5.74) is 4.53. The van der Waals surface area contributed by atoms with Crippen LogP contribution in [0, 0.1) is 6.92 Å². The number of aryl methyl sites for hydroxylation is 1. The Bertz CT molecular complexity index is 1680. The lowest BCUT2D eigenvalue weighted by atomic mass is 10.1. The summed E-state index contributed by atoms with van der Waals surface area (Å²) in [5.74, 6) is 0.218. The maximum atomic E-state index is 12.9. The molecular formula is C30H25ClN4O5. The number of furan rings is 2. The first kappa shape index (κ1) is 25.6. The first-order valence-corrected chi connectivity index (χ1v) is 13.2. The normalized spacial score (nSPS) is 13.6. The van der Waals surface area contributed by atoms with Gasteiger partial charge in [0.25, 0.3) is 5.91 Å². The maximum absolute atomic E-state index is 12.9. The molecule has 4 heterocycles. The highest BCUT2D eigenvalue weighted by atomic mass is 35.5. The number of esters is 1. The number of carbonyl (C=O) groups is 2. The molecule has 0 saturated carbocycles. The monoisotopic (exact) mass is 556 g/mol. The number of benzene rings is 2. The summed E-state index contributed by atoms with van der Waals surface area (Å²) >= 11 is 6.17. The summed E-state index contributed by atoms with van der Waals surface area (Å²) in [6, 6.07) is 17.8. The molecule has 1 saturated heterocycles. The molecule has 0 aliphatic carbocycles. The van der Waals surface area contributed by atoms with Crippen molar-refractivity contribution in [3.8, 4) is 22.9 Å². The molecule has 0 spiro atoms. The van der Waals surface area contributed by atoms with E-state index in [1.807, 2.05) is 25.1 Å². The number of hydrogen-bond acceptors (Lipinski definition) is 8. The third-order valence-corrected chi connectivity index (χ3v) is 7.12. The van der Waals surface area contributed by atoms with E-state index in [0.717, 1.165) is 11.3 Å². The van der Waals surface area contributed by atoms with E-state index in [9.17, 15) is 9.59 Å². The Morgan fingerprint density at radius 1 is 0.875 bits per heavy atom. The predicted octanol–water partition coefficient (Wildman–Crippen LogP) is 5.62. The number of carbonyl (C=O) groups excluding carboxylic acids is 2. The van der Waals surface area contributed by atoms with Gasteiger partial charge in [-0.2, -0.15) is 0 Å². The molecule has 6 rings (SSSR count). The lowest BCUT2D eigenvalue weighted by Crippen LogP contribution is -2.50. The number of rotatable bonds is 6. The zero-order valence-corrected chi connectivity index (χ0v) is 22.4. The molecular weight excluding hydrogens is 532 g/mol. The molecule has 40 heavy (non-hydrogen) atoms. The van der Waals surface area contributed by atoms with Gasteiger partial charge in [-0.25, -0.2) is 14.8 Å². The average Bonchev–Trinajstić information content (AvgIpc) is 3.71. The Balaban J connectivity index is 1.13. The molecule has 1 aliphatic heterocycles. The van der Waals surface area contributed by atoms with Crippen molar-refractivity contribution in [2.24, 2.45) is 0 Å². The van der Waals surface area contributed by atoms with Gasteiger partial charge >= 0.3 is 5.97 Å². The molecule has 5 aromatic rings. The number of fused-ring (bicyclic) bond motifs is 1. The maximum Gasteiger partial charge on any atom is 0.338 e. The smallest absolute Gasteiger partial charge is 0.338 e. The van der Waals surface area contributed by atoms with E-state index in [1.54, 1.807) is 59.9 Å². The Morgan fingerprint density at radius 3 is 2.20 bits per heavy atom. The van der Waals surface area contributed by atoms with Crippen LogP contribution in [0.3, 0.4) is 0 Å². The van der Waals surface area contributed by atoms with Gasteiger partial charge < -0.3 is 23.4 Å². The predicted molar refractivity (Wildman–Crippen MR) is 150 cm³/mol. The van der Waals surface area contributed by atoms with E-state index in [-0.39, 0.29) is 18.1 Å². The summed E-state index contributed by atoms with van der Waals surface area (Å²) in [5, 5.41) is 0.681. The molecule has 0 N–H and O–H groups in total. The van der Waals surface area contributed by atoms with E-state index in [1.165, 1.54) is 0 Å². The van der Waals surface area contributed by atoms with Gasteiger partial charge in [-0.1, -0.05) is 17.7 Å². The second-order valence-corrected chi connectivity index (χ2v) is 9.89.